The fraction of sp³-hybridized carbons (Fsp3) is 0.125. The number of halogens is 2. The Kier molecular flexibility index (Phi) is 4.94. The monoisotopic (exact) mass is 308 g/mol. The Bertz CT molecular complexity index is 546. The van der Waals surface area contributed by atoms with Crippen LogP contribution >= 0.6 is 23.2 Å². The van der Waals surface area contributed by atoms with Gasteiger partial charge in [0.1, 0.15) is 11.5 Å². The van der Waals surface area contributed by atoms with Crippen molar-refractivity contribution >= 4 is 33.3 Å². The zero-order valence-corrected chi connectivity index (χ0v) is 12.7. The molecule has 0 aromatic heterocycles. The highest BCUT2D eigenvalue weighted by Gasteiger charge is 2.08. The molecular weight excluding hydrogens is 295 g/mol. The number of methoxy groups -OCH3 is 2. The van der Waals surface area contributed by atoms with Crippen molar-refractivity contribution in [3.05, 3.63) is 59.7 Å². The smallest absolute Gasteiger partial charge is 0.118 e. The molecule has 20 heavy (non-hydrogen) atoms. The molecule has 0 atom stereocenters. The van der Waals surface area contributed by atoms with Gasteiger partial charge in [-0.2, -0.15) is 0 Å². The minimum atomic E-state index is 0.500. The normalized spacial score (nSPS) is 11.8. The van der Waals surface area contributed by atoms with Gasteiger partial charge < -0.3 is 9.47 Å². The second kappa shape index (κ2) is 6.69. The van der Waals surface area contributed by atoms with Crippen LogP contribution in [0.3, 0.4) is 0 Å². The molecule has 2 rings (SSSR count). The van der Waals surface area contributed by atoms with Crippen molar-refractivity contribution in [3.63, 3.8) is 0 Å². The van der Waals surface area contributed by atoms with Crippen LogP contribution in [0.25, 0.3) is 10.1 Å². The van der Waals surface area contributed by atoms with Crippen molar-refractivity contribution in [1.29, 1.82) is 0 Å². The molecule has 0 aliphatic carbocycles. The molecule has 0 saturated heterocycles. The van der Waals surface area contributed by atoms with E-state index in [1.807, 2.05) is 48.5 Å². The van der Waals surface area contributed by atoms with Gasteiger partial charge in [0, 0.05) is 0 Å². The average molecular weight is 309 g/mol. The van der Waals surface area contributed by atoms with Crippen LogP contribution in [-0.2, 0) is 0 Å². The van der Waals surface area contributed by atoms with E-state index in [4.69, 9.17) is 32.7 Å². The minimum absolute atomic E-state index is 0.500. The third-order valence-corrected chi connectivity index (χ3v) is 3.79. The Morgan fingerprint density at radius 2 is 0.950 bits per heavy atom. The maximum atomic E-state index is 6.34. The van der Waals surface area contributed by atoms with Crippen molar-refractivity contribution in [2.75, 3.05) is 14.2 Å². The fourth-order valence-electron chi connectivity index (χ4n) is 1.73. The van der Waals surface area contributed by atoms with E-state index in [2.05, 4.69) is 0 Å². The second-order valence-corrected chi connectivity index (χ2v) is 4.84. The van der Waals surface area contributed by atoms with Crippen molar-refractivity contribution in [1.82, 2.24) is 0 Å². The van der Waals surface area contributed by atoms with Gasteiger partial charge in [-0.3, -0.25) is 0 Å². The zero-order valence-electron chi connectivity index (χ0n) is 11.2. The van der Waals surface area contributed by atoms with Crippen LogP contribution in [0, 0.1) is 0 Å². The van der Waals surface area contributed by atoms with Crippen LogP contribution in [0.5, 0.6) is 11.5 Å². The number of benzene rings is 2. The Morgan fingerprint density at radius 1 is 0.650 bits per heavy atom. The highest BCUT2D eigenvalue weighted by Crippen LogP contribution is 2.33. The van der Waals surface area contributed by atoms with Crippen LogP contribution in [-0.4, -0.2) is 14.2 Å². The Balaban J connectivity index is 2.32. The van der Waals surface area contributed by atoms with E-state index in [0.717, 1.165) is 22.6 Å². The molecule has 0 radical (unpaired) electrons. The van der Waals surface area contributed by atoms with Gasteiger partial charge >= 0.3 is 0 Å². The lowest BCUT2D eigenvalue weighted by molar-refractivity contribution is 0.414. The molecule has 0 N–H and O–H groups in total. The predicted molar refractivity (Wildman–Crippen MR) is 84.5 cm³/mol. The summed E-state index contributed by atoms with van der Waals surface area (Å²) in [5.41, 5.74) is 1.68. The summed E-state index contributed by atoms with van der Waals surface area (Å²) in [6.45, 7) is 0. The van der Waals surface area contributed by atoms with Crippen LogP contribution < -0.4 is 9.47 Å². The van der Waals surface area contributed by atoms with E-state index in [9.17, 15) is 0 Å². The molecule has 0 bridgehead atoms. The number of ether oxygens (including phenoxy) is 2. The van der Waals surface area contributed by atoms with Crippen LogP contribution in [0.1, 0.15) is 11.1 Å². The quantitative estimate of drug-likeness (QED) is 0.739. The summed E-state index contributed by atoms with van der Waals surface area (Å²) in [5, 5.41) is 0.999. The van der Waals surface area contributed by atoms with Gasteiger partial charge in [-0.25, -0.2) is 0 Å². The maximum absolute atomic E-state index is 6.34. The van der Waals surface area contributed by atoms with Gasteiger partial charge in [0.25, 0.3) is 0 Å². The third kappa shape index (κ3) is 3.27. The molecule has 4 heteroatoms. The van der Waals surface area contributed by atoms with E-state index in [1.54, 1.807) is 14.2 Å². The zero-order chi connectivity index (χ0) is 14.5. The first kappa shape index (κ1) is 14.8. The summed E-state index contributed by atoms with van der Waals surface area (Å²) >= 11 is 12.7. The van der Waals surface area contributed by atoms with Gasteiger partial charge in [-0.05, 0) is 59.7 Å². The maximum Gasteiger partial charge on any atom is 0.118 e. The third-order valence-electron chi connectivity index (χ3n) is 2.88. The summed E-state index contributed by atoms with van der Waals surface area (Å²) in [6, 6.07) is 14.8. The fourth-order valence-corrected chi connectivity index (χ4v) is 2.20. The lowest BCUT2D eigenvalue weighted by atomic mass is 10.1. The average Bonchev–Trinajstić information content (AvgIpc) is 2.53. The molecule has 2 aromatic carbocycles. The van der Waals surface area contributed by atoms with Crippen LogP contribution in [0.4, 0.5) is 0 Å². The molecule has 2 aromatic rings. The molecule has 0 spiro atoms. The molecule has 0 fully saturated rings. The highest BCUT2D eigenvalue weighted by molar-refractivity contribution is 6.65. The molecule has 0 aliphatic heterocycles. The van der Waals surface area contributed by atoms with Crippen LogP contribution in [0.15, 0.2) is 48.5 Å². The second-order valence-electron chi connectivity index (χ2n) is 4.08. The standard InChI is InChI=1S/C16H14Cl2O2/c1-19-13-7-3-11(4-8-13)15(17)16(18)12-5-9-14(20-2)10-6-12/h3-10H,1-2H3/b16-15+. The topological polar surface area (TPSA) is 18.5 Å². The molecular formula is C16H14Cl2O2. The molecule has 2 nitrogen and oxygen atoms in total. The summed E-state index contributed by atoms with van der Waals surface area (Å²) in [4.78, 5) is 0. The summed E-state index contributed by atoms with van der Waals surface area (Å²) in [6.07, 6.45) is 0. The molecule has 0 unspecified atom stereocenters. The van der Waals surface area contributed by atoms with E-state index in [-0.39, 0.29) is 0 Å². The molecule has 104 valence electrons. The number of rotatable bonds is 4. The van der Waals surface area contributed by atoms with Crippen LogP contribution in [0.2, 0.25) is 0 Å². The van der Waals surface area contributed by atoms with Gasteiger partial charge in [-0.1, -0.05) is 23.2 Å². The van der Waals surface area contributed by atoms with Gasteiger partial charge in [-0.15, -0.1) is 0 Å². The largest absolute Gasteiger partial charge is 0.497 e. The van der Waals surface area contributed by atoms with Gasteiger partial charge in [0.05, 0.1) is 24.3 Å². The van der Waals surface area contributed by atoms with E-state index >= 15 is 0 Å². The van der Waals surface area contributed by atoms with Crippen molar-refractivity contribution < 1.29 is 9.47 Å². The molecule has 0 saturated carbocycles. The first-order valence-electron chi connectivity index (χ1n) is 6.00. The summed E-state index contributed by atoms with van der Waals surface area (Å²) < 4.78 is 10.2. The van der Waals surface area contributed by atoms with E-state index in [1.165, 1.54) is 0 Å². The van der Waals surface area contributed by atoms with E-state index < -0.39 is 0 Å². The first-order chi connectivity index (χ1) is 9.65. The Hall–Kier alpha value is -1.64. The SMILES string of the molecule is COc1ccc(/C(Cl)=C(\Cl)c2ccc(OC)cc2)cc1. The van der Waals surface area contributed by atoms with Crippen molar-refractivity contribution in [2.45, 2.75) is 0 Å². The predicted octanol–water partition coefficient (Wildman–Crippen LogP) is 5.01. The number of hydrogen-bond acceptors (Lipinski definition) is 2. The summed E-state index contributed by atoms with van der Waals surface area (Å²) in [5.74, 6) is 1.55. The molecule has 0 heterocycles. The minimum Gasteiger partial charge on any atom is -0.497 e. The summed E-state index contributed by atoms with van der Waals surface area (Å²) in [7, 11) is 3.24. The van der Waals surface area contributed by atoms with Gasteiger partial charge in [0.15, 0.2) is 0 Å². The first-order valence-corrected chi connectivity index (χ1v) is 6.75. The highest BCUT2D eigenvalue weighted by atomic mass is 35.5. The lowest BCUT2D eigenvalue weighted by Crippen LogP contribution is -1.86. The van der Waals surface area contributed by atoms with Crippen molar-refractivity contribution in [2.24, 2.45) is 0 Å². The molecule has 0 amide bonds. The number of hydrogen-bond donors (Lipinski definition) is 0. The Morgan fingerprint density at radius 3 is 1.20 bits per heavy atom. The van der Waals surface area contributed by atoms with Crippen molar-refractivity contribution in [3.8, 4) is 11.5 Å². The van der Waals surface area contributed by atoms with E-state index in [0.29, 0.717) is 10.1 Å². The lowest BCUT2D eigenvalue weighted by Gasteiger charge is -2.07. The van der Waals surface area contributed by atoms with Gasteiger partial charge in [0.2, 0.25) is 0 Å². The molecule has 0 aliphatic rings. The Labute approximate surface area is 128 Å².